The maximum Gasteiger partial charge on any atom is 0.327 e. The monoisotopic (exact) mass is 244 g/mol. The highest BCUT2D eigenvalue weighted by Gasteiger charge is 2.55. The molecule has 0 aliphatic heterocycles. The molecule has 0 saturated heterocycles. The first-order chi connectivity index (χ1) is 7.42. The molecule has 0 N–H and O–H groups in total. The zero-order valence-electron chi connectivity index (χ0n) is 11.8. The van der Waals surface area contributed by atoms with Gasteiger partial charge in [0.15, 0.2) is 0 Å². The van der Waals surface area contributed by atoms with Gasteiger partial charge in [-0.2, -0.15) is 0 Å². The minimum Gasteiger partial charge on any atom is -0.400 e. The standard InChI is InChI=1S/C13H28O2Si/c1-11(2)12(3,4)13(9-7-8-10-13)16(14-5)15-6/h11,16H,7-10H2,1-6H3. The molecule has 96 valence electrons. The summed E-state index contributed by atoms with van der Waals surface area (Å²) in [6.07, 6.45) is 5.26. The van der Waals surface area contributed by atoms with E-state index in [0.29, 0.717) is 16.4 Å². The van der Waals surface area contributed by atoms with E-state index in [1.54, 1.807) is 0 Å². The van der Waals surface area contributed by atoms with Crippen molar-refractivity contribution >= 4 is 9.28 Å². The van der Waals surface area contributed by atoms with E-state index in [0.717, 1.165) is 0 Å². The molecule has 3 heteroatoms. The predicted octanol–water partition coefficient (Wildman–Crippen LogP) is 3.50. The average molecular weight is 244 g/mol. The quantitative estimate of drug-likeness (QED) is 0.689. The Morgan fingerprint density at radius 2 is 1.50 bits per heavy atom. The Labute approximate surface area is 103 Å². The second kappa shape index (κ2) is 5.19. The van der Waals surface area contributed by atoms with Crippen LogP contribution in [0.4, 0.5) is 0 Å². The highest BCUT2D eigenvalue weighted by Crippen LogP contribution is 2.62. The zero-order valence-corrected chi connectivity index (χ0v) is 13.0. The van der Waals surface area contributed by atoms with E-state index in [2.05, 4.69) is 27.7 Å². The topological polar surface area (TPSA) is 18.5 Å². The molecule has 0 unspecified atom stereocenters. The third kappa shape index (κ3) is 2.09. The Morgan fingerprint density at radius 1 is 1.06 bits per heavy atom. The molecule has 2 nitrogen and oxygen atoms in total. The van der Waals surface area contributed by atoms with E-state index in [1.165, 1.54) is 25.7 Å². The van der Waals surface area contributed by atoms with Crippen LogP contribution in [0.3, 0.4) is 0 Å². The van der Waals surface area contributed by atoms with Crippen molar-refractivity contribution in [3.05, 3.63) is 0 Å². The summed E-state index contributed by atoms with van der Waals surface area (Å²) in [7, 11) is 2.10. The maximum atomic E-state index is 5.74. The van der Waals surface area contributed by atoms with Crippen LogP contribution in [0.5, 0.6) is 0 Å². The van der Waals surface area contributed by atoms with E-state index < -0.39 is 9.28 Å². The van der Waals surface area contributed by atoms with Crippen LogP contribution in [0.2, 0.25) is 5.04 Å². The lowest BCUT2D eigenvalue weighted by Gasteiger charge is -2.49. The molecule has 0 bridgehead atoms. The van der Waals surface area contributed by atoms with Crippen molar-refractivity contribution in [1.29, 1.82) is 0 Å². The molecule has 1 saturated carbocycles. The van der Waals surface area contributed by atoms with Crippen molar-refractivity contribution in [3.8, 4) is 0 Å². The zero-order chi connectivity index (χ0) is 12.4. The Bertz CT molecular complexity index is 216. The van der Waals surface area contributed by atoms with Gasteiger partial charge in [-0.05, 0) is 24.2 Å². The molecule has 0 spiro atoms. The van der Waals surface area contributed by atoms with Crippen LogP contribution in [-0.4, -0.2) is 23.5 Å². The van der Waals surface area contributed by atoms with Gasteiger partial charge in [0.2, 0.25) is 0 Å². The van der Waals surface area contributed by atoms with E-state index in [-0.39, 0.29) is 0 Å². The van der Waals surface area contributed by atoms with E-state index in [1.807, 2.05) is 14.2 Å². The summed E-state index contributed by atoms with van der Waals surface area (Å²) >= 11 is 0. The number of rotatable bonds is 5. The smallest absolute Gasteiger partial charge is 0.327 e. The molecule has 0 amide bonds. The van der Waals surface area contributed by atoms with Gasteiger partial charge in [0, 0.05) is 19.3 Å². The minimum atomic E-state index is -1.56. The highest BCUT2D eigenvalue weighted by atomic mass is 28.3. The fourth-order valence-corrected chi connectivity index (χ4v) is 6.23. The summed E-state index contributed by atoms with van der Waals surface area (Å²) in [5.74, 6) is 0.672. The first-order valence-electron chi connectivity index (χ1n) is 6.48. The van der Waals surface area contributed by atoms with Crippen LogP contribution in [0.15, 0.2) is 0 Å². The van der Waals surface area contributed by atoms with Crippen LogP contribution < -0.4 is 0 Å². The van der Waals surface area contributed by atoms with Crippen molar-refractivity contribution in [2.24, 2.45) is 11.3 Å². The summed E-state index contributed by atoms with van der Waals surface area (Å²) in [5, 5.41) is 0.324. The largest absolute Gasteiger partial charge is 0.400 e. The first kappa shape index (κ1) is 14.2. The normalized spacial score (nSPS) is 21.0. The van der Waals surface area contributed by atoms with Crippen LogP contribution >= 0.6 is 0 Å². The van der Waals surface area contributed by atoms with Gasteiger partial charge in [-0.3, -0.25) is 0 Å². The lowest BCUT2D eigenvalue weighted by molar-refractivity contribution is 0.106. The molecule has 1 aliphatic rings. The van der Waals surface area contributed by atoms with Crippen molar-refractivity contribution in [3.63, 3.8) is 0 Å². The average Bonchev–Trinajstić information content (AvgIpc) is 2.70. The van der Waals surface area contributed by atoms with Gasteiger partial charge in [0.05, 0.1) is 0 Å². The van der Waals surface area contributed by atoms with Crippen molar-refractivity contribution in [2.45, 2.75) is 58.4 Å². The predicted molar refractivity (Wildman–Crippen MR) is 70.9 cm³/mol. The van der Waals surface area contributed by atoms with E-state index in [9.17, 15) is 0 Å². The highest BCUT2D eigenvalue weighted by molar-refractivity contribution is 6.49. The Morgan fingerprint density at radius 3 is 1.81 bits per heavy atom. The van der Waals surface area contributed by atoms with E-state index in [4.69, 9.17) is 8.85 Å². The molecule has 1 fully saturated rings. The van der Waals surface area contributed by atoms with Gasteiger partial charge in [0.1, 0.15) is 0 Å². The maximum absolute atomic E-state index is 5.74. The molecular formula is C13H28O2Si. The fraction of sp³-hybridized carbons (Fsp3) is 1.00. The minimum absolute atomic E-state index is 0.312. The summed E-state index contributed by atoms with van der Waals surface area (Å²) in [5.41, 5.74) is 0.312. The van der Waals surface area contributed by atoms with Crippen LogP contribution in [0.25, 0.3) is 0 Å². The SMILES string of the molecule is CO[SiH](OC)C1(C(C)(C)C(C)C)CCCC1. The number of hydrogen-bond acceptors (Lipinski definition) is 2. The molecule has 0 atom stereocenters. The van der Waals surface area contributed by atoms with Crippen LogP contribution in [0, 0.1) is 11.3 Å². The third-order valence-corrected chi connectivity index (χ3v) is 8.18. The Hall–Kier alpha value is 0.137. The van der Waals surface area contributed by atoms with Crippen molar-refractivity contribution in [2.75, 3.05) is 14.2 Å². The third-order valence-electron chi connectivity index (χ3n) is 5.10. The van der Waals surface area contributed by atoms with Crippen LogP contribution in [-0.2, 0) is 8.85 Å². The van der Waals surface area contributed by atoms with Gasteiger partial charge in [-0.25, -0.2) is 0 Å². The molecule has 0 aromatic rings. The van der Waals surface area contributed by atoms with Crippen molar-refractivity contribution < 1.29 is 8.85 Å². The summed E-state index contributed by atoms with van der Waals surface area (Å²) in [6, 6.07) is 0. The lowest BCUT2D eigenvalue weighted by Crippen LogP contribution is -2.47. The molecule has 0 radical (unpaired) electrons. The second-order valence-electron chi connectivity index (χ2n) is 6.04. The molecule has 1 aliphatic carbocycles. The molecule has 0 aromatic heterocycles. The second-order valence-corrected chi connectivity index (χ2v) is 8.75. The van der Waals surface area contributed by atoms with Crippen LogP contribution in [0.1, 0.15) is 53.4 Å². The fourth-order valence-electron chi connectivity index (χ4n) is 3.31. The van der Waals surface area contributed by atoms with Gasteiger partial charge in [0.25, 0.3) is 0 Å². The number of hydrogen-bond donors (Lipinski definition) is 0. The van der Waals surface area contributed by atoms with Crippen molar-refractivity contribution in [1.82, 2.24) is 0 Å². The van der Waals surface area contributed by atoms with Gasteiger partial charge in [-0.1, -0.05) is 40.5 Å². The Kier molecular flexibility index (Phi) is 4.61. The first-order valence-corrected chi connectivity index (χ1v) is 8.00. The molecular weight excluding hydrogens is 216 g/mol. The van der Waals surface area contributed by atoms with Gasteiger partial charge >= 0.3 is 9.28 Å². The Balaban J connectivity index is 3.05. The van der Waals surface area contributed by atoms with Gasteiger partial charge < -0.3 is 8.85 Å². The summed E-state index contributed by atoms with van der Waals surface area (Å²) in [6.45, 7) is 9.47. The molecule has 1 rings (SSSR count). The van der Waals surface area contributed by atoms with Gasteiger partial charge in [-0.15, -0.1) is 0 Å². The molecule has 0 heterocycles. The molecule has 16 heavy (non-hydrogen) atoms. The summed E-state index contributed by atoms with van der Waals surface area (Å²) in [4.78, 5) is 0. The van der Waals surface area contributed by atoms with E-state index >= 15 is 0 Å². The molecule has 0 aromatic carbocycles. The summed E-state index contributed by atoms with van der Waals surface area (Å²) < 4.78 is 11.5. The lowest BCUT2D eigenvalue weighted by atomic mass is 9.69.